The first-order valence-electron chi connectivity index (χ1n) is 7.50. The molecule has 3 heteroatoms. The van der Waals surface area contributed by atoms with Gasteiger partial charge in [0.2, 0.25) is 0 Å². The number of hydrogen-bond acceptors (Lipinski definition) is 3. The Morgan fingerprint density at radius 3 is 2.76 bits per heavy atom. The molecule has 21 heavy (non-hydrogen) atoms. The van der Waals surface area contributed by atoms with Crippen LogP contribution in [0.15, 0.2) is 42.5 Å². The Labute approximate surface area is 126 Å². The van der Waals surface area contributed by atoms with E-state index in [0.29, 0.717) is 6.61 Å². The minimum absolute atomic E-state index is 0.676. The van der Waals surface area contributed by atoms with E-state index in [2.05, 4.69) is 29.2 Å². The van der Waals surface area contributed by atoms with Crippen molar-refractivity contribution in [2.45, 2.75) is 19.9 Å². The number of rotatable bonds is 4. The van der Waals surface area contributed by atoms with E-state index in [4.69, 9.17) is 10.5 Å². The summed E-state index contributed by atoms with van der Waals surface area (Å²) < 4.78 is 5.82. The normalized spacial score (nSPS) is 14.7. The third kappa shape index (κ3) is 3.37. The monoisotopic (exact) mass is 282 g/mol. The van der Waals surface area contributed by atoms with Gasteiger partial charge in [-0.3, -0.25) is 4.90 Å². The molecule has 0 amide bonds. The zero-order valence-corrected chi connectivity index (χ0v) is 12.5. The molecule has 0 radical (unpaired) electrons. The zero-order chi connectivity index (χ0) is 14.7. The van der Waals surface area contributed by atoms with E-state index in [0.717, 1.165) is 43.1 Å². The number of fused-ring (bicyclic) bond motifs is 1. The smallest absolute Gasteiger partial charge is 0.142 e. The van der Waals surface area contributed by atoms with Crippen LogP contribution >= 0.6 is 0 Å². The van der Waals surface area contributed by atoms with Gasteiger partial charge in [-0.1, -0.05) is 30.3 Å². The number of nitrogens with zero attached hydrogens (tertiary/aromatic N) is 1. The van der Waals surface area contributed by atoms with Crippen LogP contribution in [0.2, 0.25) is 0 Å². The van der Waals surface area contributed by atoms with E-state index in [1.165, 1.54) is 11.1 Å². The first kappa shape index (κ1) is 14.0. The molecule has 0 aliphatic carbocycles. The maximum Gasteiger partial charge on any atom is 0.142 e. The van der Waals surface area contributed by atoms with E-state index >= 15 is 0 Å². The minimum Gasteiger partial charge on any atom is -0.490 e. The molecule has 2 aromatic rings. The third-order valence-corrected chi connectivity index (χ3v) is 4.04. The van der Waals surface area contributed by atoms with Crippen LogP contribution in [-0.4, -0.2) is 24.6 Å². The second-order valence-corrected chi connectivity index (χ2v) is 5.68. The SMILES string of the molecule is Cc1ccc(OCCN2CCc3ccccc3C2)c(N)c1. The molecule has 1 heterocycles. The highest BCUT2D eigenvalue weighted by Crippen LogP contribution is 2.22. The molecule has 0 bridgehead atoms. The molecule has 0 fully saturated rings. The van der Waals surface area contributed by atoms with Gasteiger partial charge in [-0.2, -0.15) is 0 Å². The molecule has 3 nitrogen and oxygen atoms in total. The van der Waals surface area contributed by atoms with Gasteiger partial charge in [-0.15, -0.1) is 0 Å². The maximum absolute atomic E-state index is 5.97. The fourth-order valence-electron chi connectivity index (χ4n) is 2.83. The molecule has 2 aromatic carbocycles. The summed E-state index contributed by atoms with van der Waals surface area (Å²) in [7, 11) is 0. The van der Waals surface area contributed by atoms with Crippen molar-refractivity contribution in [3.63, 3.8) is 0 Å². The molecule has 110 valence electrons. The van der Waals surface area contributed by atoms with Crippen LogP contribution in [0.5, 0.6) is 5.75 Å². The fraction of sp³-hybridized carbons (Fsp3) is 0.333. The van der Waals surface area contributed by atoms with E-state index in [9.17, 15) is 0 Å². The summed E-state index contributed by atoms with van der Waals surface area (Å²) in [6, 6.07) is 14.6. The van der Waals surface area contributed by atoms with Gasteiger partial charge in [0.25, 0.3) is 0 Å². The second-order valence-electron chi connectivity index (χ2n) is 5.68. The fourth-order valence-corrected chi connectivity index (χ4v) is 2.83. The van der Waals surface area contributed by atoms with Gasteiger partial charge in [-0.25, -0.2) is 0 Å². The standard InChI is InChI=1S/C18H22N2O/c1-14-6-7-18(17(19)12-14)21-11-10-20-9-8-15-4-2-3-5-16(15)13-20/h2-7,12H,8-11,13,19H2,1H3. The minimum atomic E-state index is 0.676. The van der Waals surface area contributed by atoms with Crippen LogP contribution in [0.25, 0.3) is 0 Å². The number of nitrogen functional groups attached to an aromatic ring is 1. The Bertz CT molecular complexity index is 624. The number of hydrogen-bond donors (Lipinski definition) is 1. The van der Waals surface area contributed by atoms with E-state index in [1.807, 2.05) is 25.1 Å². The summed E-state index contributed by atoms with van der Waals surface area (Å²) in [5.74, 6) is 0.790. The van der Waals surface area contributed by atoms with Gasteiger partial charge in [0.1, 0.15) is 12.4 Å². The van der Waals surface area contributed by atoms with Crippen molar-refractivity contribution in [3.05, 3.63) is 59.2 Å². The molecule has 0 aromatic heterocycles. The van der Waals surface area contributed by atoms with Crippen molar-refractivity contribution < 1.29 is 4.74 Å². The molecule has 2 N–H and O–H groups in total. The molecule has 0 unspecified atom stereocenters. The zero-order valence-electron chi connectivity index (χ0n) is 12.5. The summed E-state index contributed by atoms with van der Waals surface area (Å²) in [6.07, 6.45) is 1.13. The lowest BCUT2D eigenvalue weighted by Crippen LogP contribution is -2.33. The summed E-state index contributed by atoms with van der Waals surface area (Å²) in [6.45, 7) is 5.76. The highest BCUT2D eigenvalue weighted by molar-refractivity contribution is 5.54. The second kappa shape index (κ2) is 6.19. The van der Waals surface area contributed by atoms with Gasteiger partial charge in [-0.05, 0) is 42.2 Å². The largest absolute Gasteiger partial charge is 0.490 e. The Morgan fingerprint density at radius 2 is 1.95 bits per heavy atom. The van der Waals surface area contributed by atoms with Gasteiger partial charge < -0.3 is 10.5 Å². The number of nitrogens with two attached hydrogens (primary N) is 1. The van der Waals surface area contributed by atoms with Crippen molar-refractivity contribution in [3.8, 4) is 5.75 Å². The van der Waals surface area contributed by atoms with Gasteiger partial charge in [0, 0.05) is 19.6 Å². The molecule has 0 saturated heterocycles. The van der Waals surface area contributed by atoms with Crippen LogP contribution in [0.4, 0.5) is 5.69 Å². The van der Waals surface area contributed by atoms with Gasteiger partial charge >= 0.3 is 0 Å². The predicted molar refractivity (Wildman–Crippen MR) is 86.5 cm³/mol. The molecule has 0 spiro atoms. The van der Waals surface area contributed by atoms with Gasteiger partial charge in [0.15, 0.2) is 0 Å². The summed E-state index contributed by atoms with van der Waals surface area (Å²) in [4.78, 5) is 2.44. The lowest BCUT2D eigenvalue weighted by Gasteiger charge is -2.28. The van der Waals surface area contributed by atoms with Crippen LogP contribution < -0.4 is 10.5 Å². The number of aryl methyl sites for hydroxylation is 1. The molecular formula is C18H22N2O. The van der Waals surface area contributed by atoms with Crippen molar-refractivity contribution in [1.29, 1.82) is 0 Å². The van der Waals surface area contributed by atoms with Crippen molar-refractivity contribution in [1.82, 2.24) is 4.90 Å². The number of ether oxygens (including phenoxy) is 1. The lowest BCUT2D eigenvalue weighted by atomic mass is 10.0. The molecule has 1 aliphatic heterocycles. The topological polar surface area (TPSA) is 38.5 Å². The first-order chi connectivity index (χ1) is 10.2. The lowest BCUT2D eigenvalue weighted by molar-refractivity contribution is 0.197. The van der Waals surface area contributed by atoms with E-state index < -0.39 is 0 Å². The van der Waals surface area contributed by atoms with E-state index in [-0.39, 0.29) is 0 Å². The Hall–Kier alpha value is -2.00. The van der Waals surface area contributed by atoms with Crippen LogP contribution in [0, 0.1) is 6.92 Å². The average Bonchev–Trinajstić information content (AvgIpc) is 2.49. The first-order valence-corrected chi connectivity index (χ1v) is 7.50. The van der Waals surface area contributed by atoms with Crippen LogP contribution in [0.3, 0.4) is 0 Å². The molecule has 0 atom stereocenters. The Balaban J connectivity index is 1.52. The van der Waals surface area contributed by atoms with E-state index in [1.54, 1.807) is 0 Å². The summed E-state index contributed by atoms with van der Waals surface area (Å²) >= 11 is 0. The summed E-state index contributed by atoms with van der Waals surface area (Å²) in [5.41, 5.74) is 10.8. The van der Waals surface area contributed by atoms with Gasteiger partial charge in [0.05, 0.1) is 5.69 Å². The van der Waals surface area contributed by atoms with Crippen molar-refractivity contribution in [2.24, 2.45) is 0 Å². The van der Waals surface area contributed by atoms with Crippen molar-refractivity contribution in [2.75, 3.05) is 25.4 Å². The molecule has 1 aliphatic rings. The Morgan fingerprint density at radius 1 is 1.14 bits per heavy atom. The maximum atomic E-state index is 5.97. The predicted octanol–water partition coefficient (Wildman–Crippen LogP) is 3.01. The molecule has 0 saturated carbocycles. The van der Waals surface area contributed by atoms with Crippen LogP contribution in [-0.2, 0) is 13.0 Å². The highest BCUT2D eigenvalue weighted by atomic mass is 16.5. The quantitative estimate of drug-likeness (QED) is 0.876. The third-order valence-electron chi connectivity index (χ3n) is 4.04. The average molecular weight is 282 g/mol. The summed E-state index contributed by atoms with van der Waals surface area (Å²) in [5, 5.41) is 0. The molecular weight excluding hydrogens is 260 g/mol. The highest BCUT2D eigenvalue weighted by Gasteiger charge is 2.15. The number of anilines is 1. The Kier molecular flexibility index (Phi) is 4.11. The van der Waals surface area contributed by atoms with Crippen molar-refractivity contribution >= 4 is 5.69 Å². The van der Waals surface area contributed by atoms with Crippen LogP contribution in [0.1, 0.15) is 16.7 Å². The number of benzene rings is 2. The molecule has 3 rings (SSSR count).